The molecule has 1 aromatic carbocycles. The largest absolute Gasteiger partial charge is 0.368 e. The Morgan fingerprint density at radius 2 is 1.82 bits per heavy atom. The Labute approximate surface area is 167 Å². The summed E-state index contributed by atoms with van der Waals surface area (Å²) in [6, 6.07) is 9.11. The zero-order valence-electron chi connectivity index (χ0n) is 16.7. The number of nitrogens with two attached hydrogens (primary N) is 1. The average Bonchev–Trinajstić information content (AvgIpc) is 2.86. The number of hydrogen-bond donors (Lipinski definition) is 2. The summed E-state index contributed by atoms with van der Waals surface area (Å²) in [5.41, 5.74) is 11.0. The molecular weight excluding hydrogens is 346 g/mol. The minimum Gasteiger partial charge on any atom is -0.368 e. The van der Waals surface area contributed by atoms with Gasteiger partial charge in [-0.25, -0.2) is 4.98 Å². The van der Waals surface area contributed by atoms with Gasteiger partial charge in [0.15, 0.2) is 0 Å². The third-order valence-electron chi connectivity index (χ3n) is 6.82. The summed E-state index contributed by atoms with van der Waals surface area (Å²) >= 11 is 0. The van der Waals surface area contributed by atoms with Gasteiger partial charge in [-0.05, 0) is 75.9 Å². The minimum absolute atomic E-state index is 0.379. The summed E-state index contributed by atoms with van der Waals surface area (Å²) < 4.78 is 0. The molecule has 148 valence electrons. The van der Waals surface area contributed by atoms with E-state index < -0.39 is 0 Å². The van der Waals surface area contributed by atoms with Crippen molar-refractivity contribution in [3.05, 3.63) is 35.4 Å². The molecule has 1 saturated carbocycles. The second kappa shape index (κ2) is 7.70. The second-order valence-electron chi connectivity index (χ2n) is 8.78. The minimum atomic E-state index is 0.379. The lowest BCUT2D eigenvalue weighted by molar-refractivity contribution is 0.134. The maximum Gasteiger partial charge on any atom is 0.222 e. The maximum absolute atomic E-state index is 6.13. The number of rotatable bonds is 4. The summed E-state index contributed by atoms with van der Waals surface area (Å²) in [4.78, 5) is 11.9. The highest BCUT2D eigenvalue weighted by molar-refractivity contribution is 5.73. The van der Waals surface area contributed by atoms with Crippen molar-refractivity contribution >= 4 is 11.8 Å². The van der Waals surface area contributed by atoms with Crippen molar-refractivity contribution in [3.8, 4) is 11.3 Å². The standard InChI is InChI=1S/C23H31N5/c24-23-26-21-19-7-2-1-5-17(19)6-3-8-20(21)22(27-23)25-18-11-9-16(10-12-18)15-28-13-4-14-28/h1-2,5,7,16,18H,3-4,6,8-15H2,(H3,24,25,26,27). The lowest BCUT2D eigenvalue weighted by Gasteiger charge is -2.37. The first-order valence-electron chi connectivity index (χ1n) is 11.0. The Balaban J connectivity index is 1.33. The van der Waals surface area contributed by atoms with Crippen LogP contribution in [0, 0.1) is 5.92 Å². The molecule has 0 amide bonds. The fourth-order valence-electron chi connectivity index (χ4n) is 5.12. The van der Waals surface area contributed by atoms with Gasteiger partial charge in [0.05, 0.1) is 5.69 Å². The fourth-order valence-corrected chi connectivity index (χ4v) is 5.12. The maximum atomic E-state index is 6.13. The molecule has 2 fully saturated rings. The van der Waals surface area contributed by atoms with Crippen molar-refractivity contribution in [1.82, 2.24) is 14.9 Å². The molecule has 3 aliphatic rings. The van der Waals surface area contributed by atoms with E-state index in [1.54, 1.807) is 0 Å². The van der Waals surface area contributed by atoms with Crippen molar-refractivity contribution in [2.24, 2.45) is 5.92 Å². The second-order valence-corrected chi connectivity index (χ2v) is 8.78. The molecule has 5 rings (SSSR count). The molecule has 3 N–H and O–H groups in total. The van der Waals surface area contributed by atoms with E-state index in [-0.39, 0.29) is 0 Å². The molecule has 0 atom stereocenters. The number of nitrogen functional groups attached to an aromatic ring is 1. The van der Waals surface area contributed by atoms with Crippen LogP contribution >= 0.6 is 0 Å². The molecule has 2 aliphatic carbocycles. The smallest absolute Gasteiger partial charge is 0.222 e. The summed E-state index contributed by atoms with van der Waals surface area (Å²) in [6.45, 7) is 3.93. The lowest BCUT2D eigenvalue weighted by Crippen LogP contribution is -2.42. The Morgan fingerprint density at radius 1 is 1.00 bits per heavy atom. The summed E-state index contributed by atoms with van der Waals surface area (Å²) in [7, 11) is 0. The highest BCUT2D eigenvalue weighted by Crippen LogP contribution is 2.36. The van der Waals surface area contributed by atoms with Crippen molar-refractivity contribution in [2.45, 2.75) is 57.4 Å². The average molecular weight is 378 g/mol. The molecule has 28 heavy (non-hydrogen) atoms. The van der Waals surface area contributed by atoms with E-state index in [9.17, 15) is 0 Å². The van der Waals surface area contributed by atoms with Crippen LogP contribution in [-0.2, 0) is 12.8 Å². The molecule has 2 heterocycles. The lowest BCUT2D eigenvalue weighted by atomic mass is 9.85. The van der Waals surface area contributed by atoms with Crippen LogP contribution in [-0.4, -0.2) is 40.5 Å². The zero-order chi connectivity index (χ0) is 18.9. The summed E-state index contributed by atoms with van der Waals surface area (Å²) in [6.07, 6.45) is 9.72. The van der Waals surface area contributed by atoms with Crippen LogP contribution in [0.3, 0.4) is 0 Å². The Hall–Kier alpha value is -2.14. The van der Waals surface area contributed by atoms with E-state index in [0.29, 0.717) is 12.0 Å². The van der Waals surface area contributed by atoms with Gasteiger partial charge in [-0.3, -0.25) is 0 Å². The van der Waals surface area contributed by atoms with E-state index in [4.69, 9.17) is 5.73 Å². The number of likely N-dealkylation sites (tertiary alicyclic amines) is 1. The Kier molecular flexibility index (Phi) is 4.93. The van der Waals surface area contributed by atoms with Gasteiger partial charge in [0.2, 0.25) is 5.95 Å². The van der Waals surface area contributed by atoms with E-state index >= 15 is 0 Å². The molecule has 0 bridgehead atoms. The van der Waals surface area contributed by atoms with Crippen LogP contribution in [0.4, 0.5) is 11.8 Å². The van der Waals surface area contributed by atoms with Crippen LogP contribution in [0.2, 0.25) is 0 Å². The SMILES string of the molecule is Nc1nc(NC2CCC(CN3CCC3)CC2)c2c(n1)-c1ccccc1CCC2. The van der Waals surface area contributed by atoms with Gasteiger partial charge in [0, 0.05) is 23.7 Å². The van der Waals surface area contributed by atoms with E-state index in [0.717, 1.165) is 36.7 Å². The molecule has 0 spiro atoms. The molecule has 1 saturated heterocycles. The van der Waals surface area contributed by atoms with Crippen LogP contribution in [0.15, 0.2) is 24.3 Å². The third-order valence-corrected chi connectivity index (χ3v) is 6.82. The van der Waals surface area contributed by atoms with Gasteiger partial charge < -0.3 is 16.0 Å². The molecule has 2 aromatic rings. The molecule has 5 heteroatoms. The number of aromatic nitrogens is 2. The zero-order valence-corrected chi connectivity index (χ0v) is 16.7. The van der Waals surface area contributed by atoms with Crippen molar-refractivity contribution < 1.29 is 0 Å². The molecule has 0 radical (unpaired) electrons. The van der Waals surface area contributed by atoms with Crippen molar-refractivity contribution in [1.29, 1.82) is 0 Å². The van der Waals surface area contributed by atoms with Crippen molar-refractivity contribution in [3.63, 3.8) is 0 Å². The van der Waals surface area contributed by atoms with Crippen LogP contribution in [0.25, 0.3) is 11.3 Å². The monoisotopic (exact) mass is 377 g/mol. The Bertz CT molecular complexity index is 837. The van der Waals surface area contributed by atoms with Gasteiger partial charge in [0.25, 0.3) is 0 Å². The predicted octanol–water partition coefficient (Wildman–Crippen LogP) is 3.89. The van der Waals surface area contributed by atoms with E-state index in [1.807, 2.05) is 0 Å². The fraction of sp³-hybridized carbons (Fsp3) is 0.565. The van der Waals surface area contributed by atoms with E-state index in [1.165, 1.54) is 68.4 Å². The summed E-state index contributed by atoms with van der Waals surface area (Å²) in [5, 5.41) is 3.77. The molecule has 1 aromatic heterocycles. The number of benzene rings is 1. The third kappa shape index (κ3) is 3.60. The van der Waals surface area contributed by atoms with Crippen molar-refractivity contribution in [2.75, 3.05) is 30.7 Å². The summed E-state index contributed by atoms with van der Waals surface area (Å²) in [5.74, 6) is 2.23. The number of nitrogens with one attached hydrogen (secondary N) is 1. The van der Waals surface area contributed by atoms with Crippen LogP contribution in [0.5, 0.6) is 0 Å². The predicted molar refractivity (Wildman–Crippen MR) is 114 cm³/mol. The van der Waals surface area contributed by atoms with Gasteiger partial charge in [0.1, 0.15) is 5.82 Å². The first-order chi connectivity index (χ1) is 13.8. The quantitative estimate of drug-likeness (QED) is 0.846. The van der Waals surface area contributed by atoms with Crippen LogP contribution in [0.1, 0.15) is 49.7 Å². The molecule has 0 unspecified atom stereocenters. The van der Waals surface area contributed by atoms with Gasteiger partial charge >= 0.3 is 0 Å². The topological polar surface area (TPSA) is 67.1 Å². The highest BCUT2D eigenvalue weighted by atomic mass is 15.2. The first kappa shape index (κ1) is 17.9. The van der Waals surface area contributed by atoms with E-state index in [2.05, 4.69) is 44.5 Å². The number of aryl methyl sites for hydroxylation is 1. The molecular formula is C23H31N5. The Morgan fingerprint density at radius 3 is 2.61 bits per heavy atom. The number of fused-ring (bicyclic) bond motifs is 3. The molecule has 5 nitrogen and oxygen atoms in total. The number of nitrogens with zero attached hydrogens (tertiary/aromatic N) is 3. The van der Waals surface area contributed by atoms with Crippen LogP contribution < -0.4 is 11.1 Å². The first-order valence-corrected chi connectivity index (χ1v) is 11.0. The number of hydrogen-bond acceptors (Lipinski definition) is 5. The number of anilines is 2. The molecule has 1 aliphatic heterocycles. The van der Waals surface area contributed by atoms with Gasteiger partial charge in [-0.15, -0.1) is 0 Å². The van der Waals surface area contributed by atoms with Gasteiger partial charge in [-0.2, -0.15) is 4.98 Å². The highest BCUT2D eigenvalue weighted by Gasteiger charge is 2.27. The normalized spacial score (nSPS) is 24.6. The van der Waals surface area contributed by atoms with Gasteiger partial charge in [-0.1, -0.05) is 24.3 Å².